The number of nitrogens with zero attached hydrogens (tertiary/aromatic N) is 1. The molecule has 2 amide bonds. The third kappa shape index (κ3) is 13.4. The first-order valence-corrected chi connectivity index (χ1v) is 11.0. The standard InChI is InChI=1S/C23H37N3O3/c1-3-5-6-7-8-9-10-11-12-13-22(27)24-19-23(28)26-25-18-20-14-16-21(17-15-20)29-4-2/h14-18H,3-13,19H2,1-2H3,(H,24,27)(H,26,28). The van der Waals surface area contributed by atoms with E-state index in [9.17, 15) is 9.59 Å². The summed E-state index contributed by atoms with van der Waals surface area (Å²) >= 11 is 0. The summed E-state index contributed by atoms with van der Waals surface area (Å²) < 4.78 is 5.37. The highest BCUT2D eigenvalue weighted by atomic mass is 16.5. The fourth-order valence-electron chi connectivity index (χ4n) is 2.90. The van der Waals surface area contributed by atoms with Gasteiger partial charge >= 0.3 is 0 Å². The molecule has 162 valence electrons. The highest BCUT2D eigenvalue weighted by Crippen LogP contribution is 2.11. The van der Waals surface area contributed by atoms with Gasteiger partial charge in [-0.1, -0.05) is 58.3 Å². The number of carbonyl (C=O) groups excluding carboxylic acids is 2. The Bertz CT molecular complexity index is 600. The molecule has 0 aliphatic carbocycles. The van der Waals surface area contributed by atoms with Crippen LogP contribution >= 0.6 is 0 Å². The van der Waals surface area contributed by atoms with Crippen molar-refractivity contribution in [1.29, 1.82) is 0 Å². The molecule has 6 nitrogen and oxygen atoms in total. The normalized spacial score (nSPS) is 10.8. The predicted octanol–water partition coefficient (Wildman–Crippen LogP) is 4.57. The van der Waals surface area contributed by atoms with E-state index in [0.29, 0.717) is 13.0 Å². The zero-order valence-electron chi connectivity index (χ0n) is 18.0. The lowest BCUT2D eigenvalue weighted by Gasteiger charge is -2.05. The van der Waals surface area contributed by atoms with Gasteiger partial charge in [0.15, 0.2) is 0 Å². The first-order chi connectivity index (χ1) is 14.2. The van der Waals surface area contributed by atoms with Crippen molar-refractivity contribution < 1.29 is 14.3 Å². The molecule has 6 heteroatoms. The van der Waals surface area contributed by atoms with Crippen molar-refractivity contribution >= 4 is 18.0 Å². The van der Waals surface area contributed by atoms with E-state index in [4.69, 9.17) is 4.74 Å². The Morgan fingerprint density at radius 2 is 1.52 bits per heavy atom. The van der Waals surface area contributed by atoms with Crippen LogP contribution in [0.2, 0.25) is 0 Å². The van der Waals surface area contributed by atoms with E-state index in [2.05, 4.69) is 22.8 Å². The SMILES string of the molecule is CCCCCCCCCCCC(=O)NCC(=O)NN=Cc1ccc(OCC)cc1. The van der Waals surface area contributed by atoms with Gasteiger partial charge in [-0.2, -0.15) is 5.10 Å². The molecule has 0 radical (unpaired) electrons. The fraction of sp³-hybridized carbons (Fsp3) is 0.609. The molecule has 2 N–H and O–H groups in total. The maximum Gasteiger partial charge on any atom is 0.259 e. The van der Waals surface area contributed by atoms with Gasteiger partial charge in [-0.05, 0) is 43.2 Å². The summed E-state index contributed by atoms with van der Waals surface area (Å²) in [5.74, 6) is 0.370. The number of unbranched alkanes of at least 4 members (excludes halogenated alkanes) is 8. The number of carbonyl (C=O) groups is 2. The summed E-state index contributed by atoms with van der Waals surface area (Å²) in [4.78, 5) is 23.5. The Morgan fingerprint density at radius 3 is 2.14 bits per heavy atom. The molecule has 0 aromatic heterocycles. The molecule has 0 aliphatic rings. The Balaban J connectivity index is 2.05. The third-order valence-corrected chi connectivity index (χ3v) is 4.55. The maximum atomic E-state index is 11.8. The minimum atomic E-state index is -0.340. The number of nitrogens with one attached hydrogen (secondary N) is 2. The fourth-order valence-corrected chi connectivity index (χ4v) is 2.90. The van der Waals surface area contributed by atoms with Crippen LogP contribution in [0.1, 0.15) is 83.6 Å². The van der Waals surface area contributed by atoms with Gasteiger partial charge in [-0.3, -0.25) is 9.59 Å². The van der Waals surface area contributed by atoms with Crippen LogP contribution in [-0.2, 0) is 9.59 Å². The first kappa shape index (κ1) is 24.7. The second-order valence-corrected chi connectivity index (χ2v) is 7.15. The van der Waals surface area contributed by atoms with E-state index in [-0.39, 0.29) is 18.4 Å². The average molecular weight is 404 g/mol. The molecule has 0 saturated heterocycles. The molecule has 29 heavy (non-hydrogen) atoms. The number of benzene rings is 1. The molecule has 0 spiro atoms. The first-order valence-electron chi connectivity index (χ1n) is 11.0. The lowest BCUT2D eigenvalue weighted by molar-refractivity contribution is -0.126. The van der Waals surface area contributed by atoms with Crippen LogP contribution in [0.4, 0.5) is 0 Å². The molecule has 1 aromatic carbocycles. The zero-order chi connectivity index (χ0) is 21.2. The summed E-state index contributed by atoms with van der Waals surface area (Å²) in [5.41, 5.74) is 3.27. The Kier molecular flexibility index (Phi) is 14.1. The molecule has 1 aromatic rings. The molecule has 0 fully saturated rings. The summed E-state index contributed by atoms with van der Waals surface area (Å²) in [7, 11) is 0. The molecule has 0 unspecified atom stereocenters. The van der Waals surface area contributed by atoms with Crippen LogP contribution in [0, 0.1) is 0 Å². The van der Waals surface area contributed by atoms with Crippen LogP contribution in [0.3, 0.4) is 0 Å². The molecular weight excluding hydrogens is 366 g/mol. The Labute approximate surface area is 175 Å². The van der Waals surface area contributed by atoms with Gasteiger partial charge in [-0.25, -0.2) is 5.43 Å². The van der Waals surface area contributed by atoms with Gasteiger partial charge in [0.25, 0.3) is 5.91 Å². The largest absolute Gasteiger partial charge is 0.494 e. The lowest BCUT2D eigenvalue weighted by Crippen LogP contribution is -2.34. The maximum absolute atomic E-state index is 11.8. The predicted molar refractivity (Wildman–Crippen MR) is 118 cm³/mol. The van der Waals surface area contributed by atoms with Gasteiger partial charge in [0.05, 0.1) is 19.4 Å². The highest BCUT2D eigenvalue weighted by molar-refractivity contribution is 5.86. The van der Waals surface area contributed by atoms with E-state index in [1.165, 1.54) is 44.9 Å². The second-order valence-electron chi connectivity index (χ2n) is 7.15. The topological polar surface area (TPSA) is 79.8 Å². The Hall–Kier alpha value is -2.37. The molecule has 0 saturated carbocycles. The van der Waals surface area contributed by atoms with E-state index >= 15 is 0 Å². The van der Waals surface area contributed by atoms with Crippen LogP contribution in [0.25, 0.3) is 0 Å². The van der Waals surface area contributed by atoms with Crippen molar-refractivity contribution in [2.75, 3.05) is 13.2 Å². The summed E-state index contributed by atoms with van der Waals surface area (Å²) in [6, 6.07) is 7.40. The number of hydrogen-bond acceptors (Lipinski definition) is 4. The minimum Gasteiger partial charge on any atom is -0.494 e. The van der Waals surface area contributed by atoms with E-state index < -0.39 is 0 Å². The van der Waals surface area contributed by atoms with Crippen molar-refractivity contribution in [3.63, 3.8) is 0 Å². The van der Waals surface area contributed by atoms with E-state index in [0.717, 1.165) is 24.2 Å². The number of ether oxygens (including phenoxy) is 1. The van der Waals surface area contributed by atoms with E-state index in [1.807, 2.05) is 31.2 Å². The smallest absolute Gasteiger partial charge is 0.259 e. The van der Waals surface area contributed by atoms with Crippen molar-refractivity contribution in [1.82, 2.24) is 10.7 Å². The molecule has 0 aliphatic heterocycles. The van der Waals surface area contributed by atoms with Gasteiger partial charge in [0.1, 0.15) is 5.75 Å². The van der Waals surface area contributed by atoms with E-state index in [1.54, 1.807) is 6.21 Å². The zero-order valence-corrected chi connectivity index (χ0v) is 18.0. The molecule has 0 heterocycles. The lowest BCUT2D eigenvalue weighted by atomic mass is 10.1. The molecule has 1 rings (SSSR count). The second kappa shape index (κ2) is 16.6. The van der Waals surface area contributed by atoms with Crippen LogP contribution < -0.4 is 15.5 Å². The monoisotopic (exact) mass is 403 g/mol. The highest BCUT2D eigenvalue weighted by Gasteiger charge is 2.04. The van der Waals surface area contributed by atoms with Gasteiger partial charge in [0, 0.05) is 6.42 Å². The number of rotatable bonds is 16. The summed E-state index contributed by atoms with van der Waals surface area (Å²) in [5, 5.41) is 6.54. The number of hydrogen-bond donors (Lipinski definition) is 2. The quantitative estimate of drug-likeness (QED) is 0.241. The third-order valence-electron chi connectivity index (χ3n) is 4.55. The van der Waals surface area contributed by atoms with Crippen molar-refractivity contribution in [2.24, 2.45) is 5.10 Å². The van der Waals surface area contributed by atoms with Crippen molar-refractivity contribution in [2.45, 2.75) is 78.1 Å². The average Bonchev–Trinajstić information content (AvgIpc) is 2.72. The number of hydrazone groups is 1. The number of amides is 2. The van der Waals surface area contributed by atoms with Gasteiger partial charge in [0.2, 0.25) is 5.91 Å². The molecule has 0 atom stereocenters. The van der Waals surface area contributed by atoms with Crippen LogP contribution in [0.15, 0.2) is 29.4 Å². The van der Waals surface area contributed by atoms with Gasteiger partial charge < -0.3 is 10.1 Å². The van der Waals surface area contributed by atoms with Crippen LogP contribution in [-0.4, -0.2) is 31.2 Å². The van der Waals surface area contributed by atoms with Crippen LogP contribution in [0.5, 0.6) is 5.75 Å². The summed E-state index contributed by atoms with van der Waals surface area (Å²) in [6.45, 7) is 4.72. The van der Waals surface area contributed by atoms with Gasteiger partial charge in [-0.15, -0.1) is 0 Å². The molecular formula is C23H37N3O3. The summed E-state index contributed by atoms with van der Waals surface area (Å²) in [6.07, 6.45) is 13.0. The van der Waals surface area contributed by atoms with Crippen molar-refractivity contribution in [3.05, 3.63) is 29.8 Å². The minimum absolute atomic E-state index is 0.0587. The molecule has 0 bridgehead atoms. The Morgan fingerprint density at radius 1 is 0.897 bits per heavy atom. The van der Waals surface area contributed by atoms with Crippen molar-refractivity contribution in [3.8, 4) is 5.75 Å².